The zero-order valence-electron chi connectivity index (χ0n) is 9.95. The number of rotatable bonds is 6. The molecule has 0 aliphatic heterocycles. The maximum Gasteiger partial charge on any atom is 0.373 e. The highest BCUT2D eigenvalue weighted by molar-refractivity contribution is 5.86. The number of hydrogen-bond acceptors (Lipinski definition) is 3. The predicted molar refractivity (Wildman–Crippen MR) is 60.3 cm³/mol. The summed E-state index contributed by atoms with van der Waals surface area (Å²) in [6.45, 7) is 11.4. The van der Waals surface area contributed by atoms with Crippen molar-refractivity contribution in [2.75, 3.05) is 6.61 Å². The minimum atomic E-state index is -0.416. The summed E-state index contributed by atoms with van der Waals surface area (Å²) in [5.74, 6) is 0.0867. The quantitative estimate of drug-likeness (QED) is 0.294. The van der Waals surface area contributed by atoms with Gasteiger partial charge in [0, 0.05) is 0 Å². The molecule has 15 heavy (non-hydrogen) atoms. The summed E-state index contributed by atoms with van der Waals surface area (Å²) in [5, 5.41) is 0. The van der Waals surface area contributed by atoms with Gasteiger partial charge in [0.05, 0.1) is 6.10 Å². The maximum atomic E-state index is 11.5. The van der Waals surface area contributed by atoms with Crippen LogP contribution < -0.4 is 0 Å². The SMILES string of the molecule is C=CCO/C(=C/C(C)C)C(=O)OC(C)C. The molecule has 0 atom stereocenters. The number of allylic oxidation sites excluding steroid dienone is 1. The van der Waals surface area contributed by atoms with E-state index in [-0.39, 0.29) is 17.8 Å². The fourth-order valence-electron chi connectivity index (χ4n) is 0.899. The third kappa shape index (κ3) is 6.77. The molecular weight excluding hydrogens is 192 g/mol. The van der Waals surface area contributed by atoms with Crippen LogP contribution >= 0.6 is 0 Å². The average molecular weight is 212 g/mol. The van der Waals surface area contributed by atoms with Crippen LogP contribution in [0.5, 0.6) is 0 Å². The fraction of sp³-hybridized carbons (Fsp3) is 0.583. The third-order valence-corrected chi connectivity index (χ3v) is 1.39. The highest BCUT2D eigenvalue weighted by Crippen LogP contribution is 2.08. The van der Waals surface area contributed by atoms with Crippen molar-refractivity contribution in [3.8, 4) is 0 Å². The second-order valence-electron chi connectivity index (χ2n) is 3.83. The van der Waals surface area contributed by atoms with Crippen molar-refractivity contribution >= 4 is 5.97 Å². The Bertz CT molecular complexity index is 239. The van der Waals surface area contributed by atoms with Gasteiger partial charge in [0.25, 0.3) is 0 Å². The number of carbonyl (C=O) groups excluding carboxylic acids is 1. The summed E-state index contributed by atoms with van der Waals surface area (Å²) in [6.07, 6.45) is 3.20. The van der Waals surface area contributed by atoms with Crippen LogP contribution in [0.25, 0.3) is 0 Å². The van der Waals surface area contributed by atoms with Crippen molar-refractivity contribution in [1.82, 2.24) is 0 Å². The molecule has 3 heteroatoms. The topological polar surface area (TPSA) is 35.5 Å². The highest BCUT2D eigenvalue weighted by atomic mass is 16.6. The van der Waals surface area contributed by atoms with Gasteiger partial charge >= 0.3 is 5.97 Å². The minimum Gasteiger partial charge on any atom is -0.483 e. The van der Waals surface area contributed by atoms with Crippen LogP contribution in [-0.2, 0) is 14.3 Å². The number of esters is 1. The van der Waals surface area contributed by atoms with E-state index < -0.39 is 5.97 Å². The fourth-order valence-corrected chi connectivity index (χ4v) is 0.899. The van der Waals surface area contributed by atoms with Crippen LogP contribution in [-0.4, -0.2) is 18.7 Å². The Morgan fingerprint density at radius 1 is 1.33 bits per heavy atom. The molecule has 0 N–H and O–H groups in total. The largest absolute Gasteiger partial charge is 0.483 e. The van der Waals surface area contributed by atoms with Crippen molar-refractivity contribution in [2.45, 2.75) is 33.8 Å². The Hall–Kier alpha value is -1.25. The molecule has 0 heterocycles. The van der Waals surface area contributed by atoms with E-state index in [1.807, 2.05) is 13.8 Å². The van der Waals surface area contributed by atoms with E-state index in [1.165, 1.54) is 0 Å². The lowest BCUT2D eigenvalue weighted by atomic mass is 10.2. The second-order valence-corrected chi connectivity index (χ2v) is 3.83. The normalized spacial score (nSPS) is 11.7. The van der Waals surface area contributed by atoms with Gasteiger partial charge in [-0.25, -0.2) is 4.79 Å². The van der Waals surface area contributed by atoms with Gasteiger partial charge < -0.3 is 9.47 Å². The smallest absolute Gasteiger partial charge is 0.373 e. The van der Waals surface area contributed by atoms with Crippen molar-refractivity contribution in [1.29, 1.82) is 0 Å². The third-order valence-electron chi connectivity index (χ3n) is 1.39. The number of hydrogen-bond donors (Lipinski definition) is 0. The molecular formula is C12H20O3. The molecule has 0 radical (unpaired) electrons. The Kier molecular flexibility index (Phi) is 6.50. The first-order chi connectivity index (χ1) is 6.97. The van der Waals surface area contributed by atoms with Crippen LogP contribution in [0.15, 0.2) is 24.5 Å². The summed E-state index contributed by atoms with van der Waals surface area (Å²) in [4.78, 5) is 11.5. The monoisotopic (exact) mass is 212 g/mol. The molecule has 0 spiro atoms. The van der Waals surface area contributed by atoms with E-state index in [0.717, 1.165) is 0 Å². The predicted octanol–water partition coefficient (Wildman–Crippen LogP) is 2.68. The summed E-state index contributed by atoms with van der Waals surface area (Å²) in [5.41, 5.74) is 0. The van der Waals surface area contributed by atoms with E-state index in [9.17, 15) is 4.79 Å². The Labute approximate surface area is 91.8 Å². The second kappa shape index (κ2) is 7.10. The van der Waals surface area contributed by atoms with Crippen molar-refractivity contribution < 1.29 is 14.3 Å². The molecule has 0 aromatic carbocycles. The Morgan fingerprint density at radius 3 is 2.33 bits per heavy atom. The van der Waals surface area contributed by atoms with Crippen molar-refractivity contribution in [2.24, 2.45) is 5.92 Å². The van der Waals surface area contributed by atoms with Crippen LogP contribution in [0.4, 0.5) is 0 Å². The van der Waals surface area contributed by atoms with Gasteiger partial charge in [-0.3, -0.25) is 0 Å². The molecule has 0 rings (SSSR count). The van der Waals surface area contributed by atoms with E-state index >= 15 is 0 Å². The summed E-state index contributed by atoms with van der Waals surface area (Å²) in [7, 11) is 0. The van der Waals surface area contributed by atoms with Crippen LogP contribution in [0.3, 0.4) is 0 Å². The molecule has 3 nitrogen and oxygen atoms in total. The molecule has 0 saturated heterocycles. The Morgan fingerprint density at radius 2 is 1.93 bits per heavy atom. The zero-order chi connectivity index (χ0) is 11.8. The van der Waals surface area contributed by atoms with E-state index in [1.54, 1.807) is 26.0 Å². The van der Waals surface area contributed by atoms with Crippen molar-refractivity contribution in [3.63, 3.8) is 0 Å². The highest BCUT2D eigenvalue weighted by Gasteiger charge is 2.14. The van der Waals surface area contributed by atoms with Gasteiger partial charge in [0.2, 0.25) is 5.76 Å². The van der Waals surface area contributed by atoms with Crippen LogP contribution in [0.2, 0.25) is 0 Å². The lowest BCUT2D eigenvalue weighted by Crippen LogP contribution is -2.16. The van der Waals surface area contributed by atoms with Gasteiger partial charge in [-0.05, 0) is 25.8 Å². The minimum absolute atomic E-state index is 0.139. The summed E-state index contributed by atoms with van der Waals surface area (Å²) < 4.78 is 10.3. The van der Waals surface area contributed by atoms with E-state index in [2.05, 4.69) is 6.58 Å². The molecule has 0 fully saturated rings. The van der Waals surface area contributed by atoms with Crippen LogP contribution in [0, 0.1) is 5.92 Å². The Balaban J connectivity index is 4.47. The molecule has 0 bridgehead atoms. The standard InChI is InChI=1S/C12H20O3/c1-6-7-14-11(8-9(2)3)12(13)15-10(4)5/h6,8-10H,1,7H2,2-5H3/b11-8+. The number of carbonyl (C=O) groups is 1. The van der Waals surface area contributed by atoms with Gasteiger partial charge in [-0.1, -0.05) is 26.5 Å². The lowest BCUT2D eigenvalue weighted by Gasteiger charge is -2.12. The van der Waals surface area contributed by atoms with Gasteiger partial charge in [-0.15, -0.1) is 0 Å². The molecule has 0 aromatic heterocycles. The van der Waals surface area contributed by atoms with E-state index in [4.69, 9.17) is 9.47 Å². The van der Waals surface area contributed by atoms with Crippen molar-refractivity contribution in [3.05, 3.63) is 24.5 Å². The average Bonchev–Trinajstić information content (AvgIpc) is 2.10. The molecule has 86 valence electrons. The summed E-state index contributed by atoms with van der Waals surface area (Å²) in [6, 6.07) is 0. The lowest BCUT2D eigenvalue weighted by molar-refractivity contribution is -0.146. The number of ether oxygens (including phenoxy) is 2. The summed E-state index contributed by atoms with van der Waals surface area (Å²) >= 11 is 0. The van der Waals surface area contributed by atoms with Crippen LogP contribution in [0.1, 0.15) is 27.7 Å². The zero-order valence-corrected chi connectivity index (χ0v) is 9.95. The van der Waals surface area contributed by atoms with Gasteiger partial charge in [0.1, 0.15) is 6.61 Å². The van der Waals surface area contributed by atoms with Gasteiger partial charge in [0.15, 0.2) is 0 Å². The molecule has 0 unspecified atom stereocenters. The first kappa shape index (κ1) is 13.8. The first-order valence-electron chi connectivity index (χ1n) is 5.13. The molecule has 0 amide bonds. The molecule has 0 aromatic rings. The maximum absolute atomic E-state index is 11.5. The molecule has 0 aliphatic rings. The van der Waals surface area contributed by atoms with E-state index in [0.29, 0.717) is 6.61 Å². The first-order valence-corrected chi connectivity index (χ1v) is 5.13. The molecule has 0 aliphatic carbocycles. The molecule has 0 saturated carbocycles. The van der Waals surface area contributed by atoms with Gasteiger partial charge in [-0.2, -0.15) is 0 Å².